The van der Waals surface area contributed by atoms with Crippen molar-refractivity contribution in [3.05, 3.63) is 59.9 Å². The molecule has 31 heavy (non-hydrogen) atoms. The number of Topliss-reactive ketones (excluding diaryl/α,β-unsaturated/α-hetero) is 1. The maximum Gasteiger partial charge on any atom is 0.209 e. The Morgan fingerprint density at radius 1 is 1.23 bits per heavy atom. The van der Waals surface area contributed by atoms with E-state index in [1.807, 2.05) is 24.3 Å². The summed E-state index contributed by atoms with van der Waals surface area (Å²) in [6.07, 6.45) is 2.14. The Morgan fingerprint density at radius 3 is 2.87 bits per heavy atom. The van der Waals surface area contributed by atoms with Crippen molar-refractivity contribution in [3.63, 3.8) is 0 Å². The predicted octanol–water partition coefficient (Wildman–Crippen LogP) is 4.11. The Bertz CT molecular complexity index is 1210. The number of rotatable bonds is 7. The van der Waals surface area contributed by atoms with E-state index in [9.17, 15) is 9.18 Å². The van der Waals surface area contributed by atoms with Gasteiger partial charge in [0.15, 0.2) is 5.78 Å². The third-order valence-corrected chi connectivity index (χ3v) is 6.31. The molecule has 5 rings (SSSR count). The zero-order chi connectivity index (χ0) is 21.2. The fourth-order valence-corrected chi connectivity index (χ4v) is 4.62. The summed E-state index contributed by atoms with van der Waals surface area (Å²) in [5.41, 5.74) is 2.89. The molecule has 4 aromatic rings. The molecule has 1 N–H and O–H groups in total. The SMILES string of the molecule is O=C(CSc1nnnn1C[C@@H]1CCCO1)c1c(-c2ccc(F)cc2)[nH]c2ccccc12. The van der Waals surface area contributed by atoms with Crippen LogP contribution in [0.1, 0.15) is 23.2 Å². The number of halogens is 1. The minimum Gasteiger partial charge on any atom is -0.376 e. The first-order chi connectivity index (χ1) is 15.2. The van der Waals surface area contributed by atoms with Crippen molar-refractivity contribution in [1.82, 2.24) is 25.2 Å². The standard InChI is InChI=1S/C22H20FN5O2S/c23-15-9-7-14(8-10-15)21-20(17-5-1-2-6-18(17)24-21)19(29)13-31-22-25-26-27-28(22)12-16-4-3-11-30-16/h1-2,5-10,16,24H,3-4,11-13H2/t16-/m0/s1. The van der Waals surface area contributed by atoms with Crippen molar-refractivity contribution in [1.29, 1.82) is 0 Å². The number of carbonyl (C=O) groups excluding carboxylic acids is 1. The average molecular weight is 438 g/mol. The maximum atomic E-state index is 13.4. The van der Waals surface area contributed by atoms with Crippen LogP contribution in [0, 0.1) is 5.82 Å². The monoisotopic (exact) mass is 437 g/mol. The van der Waals surface area contributed by atoms with Crippen LogP contribution in [0.3, 0.4) is 0 Å². The molecular weight excluding hydrogens is 417 g/mol. The summed E-state index contributed by atoms with van der Waals surface area (Å²) < 4.78 is 20.8. The summed E-state index contributed by atoms with van der Waals surface area (Å²) in [6.45, 7) is 1.35. The molecule has 1 saturated heterocycles. The van der Waals surface area contributed by atoms with E-state index < -0.39 is 0 Å². The van der Waals surface area contributed by atoms with Crippen LogP contribution in [-0.4, -0.2) is 49.4 Å². The van der Waals surface area contributed by atoms with Gasteiger partial charge in [0, 0.05) is 17.5 Å². The Kier molecular flexibility index (Phi) is 5.52. The zero-order valence-corrected chi connectivity index (χ0v) is 17.4. The molecule has 1 atom stereocenters. The molecule has 7 nitrogen and oxygen atoms in total. The number of nitrogens with one attached hydrogen (secondary N) is 1. The van der Waals surface area contributed by atoms with Gasteiger partial charge >= 0.3 is 0 Å². The molecule has 1 fully saturated rings. The average Bonchev–Trinajstić information content (AvgIpc) is 3.53. The first-order valence-electron chi connectivity index (χ1n) is 10.1. The van der Waals surface area contributed by atoms with Gasteiger partial charge in [-0.25, -0.2) is 9.07 Å². The summed E-state index contributed by atoms with van der Waals surface area (Å²) in [6, 6.07) is 13.8. The topological polar surface area (TPSA) is 85.7 Å². The van der Waals surface area contributed by atoms with E-state index in [-0.39, 0.29) is 23.5 Å². The van der Waals surface area contributed by atoms with Gasteiger partial charge in [0.2, 0.25) is 5.16 Å². The van der Waals surface area contributed by atoms with Gasteiger partial charge in [0.25, 0.3) is 0 Å². The molecule has 0 amide bonds. The van der Waals surface area contributed by atoms with Gasteiger partial charge in [0.05, 0.1) is 29.7 Å². The van der Waals surface area contributed by atoms with Gasteiger partial charge in [-0.05, 0) is 59.2 Å². The number of thioether (sulfide) groups is 1. The summed E-state index contributed by atoms with van der Waals surface area (Å²) in [4.78, 5) is 16.6. The van der Waals surface area contributed by atoms with Crippen LogP contribution in [0.2, 0.25) is 0 Å². The molecule has 0 spiro atoms. The Balaban J connectivity index is 1.41. The number of ketones is 1. The molecule has 0 aliphatic carbocycles. The number of fused-ring (bicyclic) bond motifs is 1. The second kappa shape index (κ2) is 8.60. The summed E-state index contributed by atoms with van der Waals surface area (Å²) >= 11 is 1.31. The second-order valence-corrected chi connectivity index (χ2v) is 8.36. The van der Waals surface area contributed by atoms with Crippen LogP contribution < -0.4 is 0 Å². The summed E-state index contributed by atoms with van der Waals surface area (Å²) in [5, 5.41) is 13.3. The fraction of sp³-hybridized carbons (Fsp3) is 0.273. The molecule has 0 unspecified atom stereocenters. The van der Waals surface area contributed by atoms with E-state index in [0.29, 0.717) is 23.0 Å². The number of para-hydroxylation sites is 1. The lowest BCUT2D eigenvalue weighted by molar-refractivity contribution is 0.0912. The highest BCUT2D eigenvalue weighted by Gasteiger charge is 2.22. The first kappa shape index (κ1) is 19.9. The summed E-state index contributed by atoms with van der Waals surface area (Å²) in [7, 11) is 0. The number of aromatic amines is 1. The van der Waals surface area contributed by atoms with E-state index in [4.69, 9.17) is 4.74 Å². The number of carbonyl (C=O) groups is 1. The normalized spacial score (nSPS) is 16.2. The van der Waals surface area contributed by atoms with Gasteiger partial charge in [-0.1, -0.05) is 30.0 Å². The van der Waals surface area contributed by atoms with Crippen molar-refractivity contribution in [2.75, 3.05) is 12.4 Å². The second-order valence-electron chi connectivity index (χ2n) is 7.42. The molecule has 0 bridgehead atoms. The number of H-pyrrole nitrogens is 1. The third kappa shape index (κ3) is 4.11. The van der Waals surface area contributed by atoms with E-state index in [0.717, 1.165) is 35.9 Å². The van der Waals surface area contributed by atoms with Crippen LogP contribution in [0.15, 0.2) is 53.7 Å². The van der Waals surface area contributed by atoms with E-state index >= 15 is 0 Å². The van der Waals surface area contributed by atoms with E-state index in [1.54, 1.807) is 16.8 Å². The quantitative estimate of drug-likeness (QED) is 0.346. The maximum absolute atomic E-state index is 13.4. The number of nitrogens with zero attached hydrogens (tertiary/aromatic N) is 4. The molecule has 0 saturated carbocycles. The largest absolute Gasteiger partial charge is 0.376 e. The highest BCUT2D eigenvalue weighted by molar-refractivity contribution is 7.99. The Hall–Kier alpha value is -3.04. The van der Waals surface area contributed by atoms with Crippen LogP contribution in [-0.2, 0) is 11.3 Å². The number of hydrogen-bond donors (Lipinski definition) is 1. The molecule has 1 aliphatic rings. The van der Waals surface area contributed by atoms with Gasteiger partial charge in [-0.3, -0.25) is 4.79 Å². The van der Waals surface area contributed by atoms with Crippen LogP contribution in [0.5, 0.6) is 0 Å². The van der Waals surface area contributed by atoms with Crippen molar-refractivity contribution in [2.45, 2.75) is 30.6 Å². The first-order valence-corrected chi connectivity index (χ1v) is 11.1. The highest BCUT2D eigenvalue weighted by atomic mass is 32.2. The van der Waals surface area contributed by atoms with Crippen LogP contribution in [0.25, 0.3) is 22.2 Å². The van der Waals surface area contributed by atoms with Crippen LogP contribution in [0.4, 0.5) is 4.39 Å². The van der Waals surface area contributed by atoms with Crippen molar-refractivity contribution in [3.8, 4) is 11.3 Å². The zero-order valence-electron chi connectivity index (χ0n) is 16.6. The molecule has 158 valence electrons. The molecular formula is C22H20FN5O2S. The number of aromatic nitrogens is 5. The lowest BCUT2D eigenvalue weighted by Gasteiger charge is -2.10. The predicted molar refractivity (Wildman–Crippen MR) is 116 cm³/mol. The summed E-state index contributed by atoms with van der Waals surface area (Å²) in [5.74, 6) is -0.183. The highest BCUT2D eigenvalue weighted by Crippen LogP contribution is 2.32. The molecule has 3 heterocycles. The number of ether oxygens (including phenoxy) is 1. The molecule has 9 heteroatoms. The number of benzene rings is 2. The van der Waals surface area contributed by atoms with Crippen molar-refractivity contribution < 1.29 is 13.9 Å². The van der Waals surface area contributed by atoms with Gasteiger partial charge in [-0.2, -0.15) is 0 Å². The van der Waals surface area contributed by atoms with Crippen molar-refractivity contribution >= 4 is 28.4 Å². The lowest BCUT2D eigenvalue weighted by Crippen LogP contribution is -2.17. The lowest BCUT2D eigenvalue weighted by atomic mass is 10.0. The third-order valence-electron chi connectivity index (χ3n) is 5.35. The van der Waals surface area contributed by atoms with E-state index in [1.165, 1.54) is 23.9 Å². The van der Waals surface area contributed by atoms with Gasteiger partial charge < -0.3 is 9.72 Å². The minimum absolute atomic E-state index is 0.0477. The van der Waals surface area contributed by atoms with E-state index in [2.05, 4.69) is 20.5 Å². The molecule has 2 aromatic carbocycles. The Labute approximate surface area is 182 Å². The minimum atomic E-state index is -0.318. The molecule has 0 radical (unpaired) electrons. The van der Waals surface area contributed by atoms with Crippen molar-refractivity contribution in [2.24, 2.45) is 0 Å². The number of tetrazole rings is 1. The number of hydrogen-bond acceptors (Lipinski definition) is 6. The smallest absolute Gasteiger partial charge is 0.209 e. The van der Waals surface area contributed by atoms with Gasteiger partial charge in [0.1, 0.15) is 5.82 Å². The Morgan fingerprint density at radius 2 is 2.06 bits per heavy atom. The molecule has 2 aromatic heterocycles. The van der Waals surface area contributed by atoms with Crippen LogP contribution >= 0.6 is 11.8 Å². The fourth-order valence-electron chi connectivity index (χ4n) is 3.86. The molecule has 1 aliphatic heterocycles. The van der Waals surface area contributed by atoms with Gasteiger partial charge in [-0.15, -0.1) is 5.10 Å².